The lowest BCUT2D eigenvalue weighted by Gasteiger charge is -2.29. The Labute approximate surface area is 189 Å². The highest BCUT2D eigenvalue weighted by atomic mass is 16.2. The maximum atomic E-state index is 13.3. The second-order valence-corrected chi connectivity index (χ2v) is 10.2. The normalized spacial score (nSPS) is 25.4. The van der Waals surface area contributed by atoms with E-state index in [0.717, 1.165) is 64.2 Å². The van der Waals surface area contributed by atoms with Crippen LogP contribution in [0.5, 0.6) is 0 Å². The Morgan fingerprint density at radius 3 is 1.65 bits per heavy atom. The first-order valence-corrected chi connectivity index (χ1v) is 13.3. The van der Waals surface area contributed by atoms with Crippen LogP contribution in [0.25, 0.3) is 0 Å². The smallest absolute Gasteiger partial charge is 0.243 e. The van der Waals surface area contributed by atoms with Gasteiger partial charge in [0.05, 0.1) is 6.54 Å². The molecular weight excluding hydrogens is 388 g/mol. The van der Waals surface area contributed by atoms with E-state index in [0.29, 0.717) is 6.54 Å². The molecular formula is C26H44N2O3. The van der Waals surface area contributed by atoms with Crippen molar-refractivity contribution < 1.29 is 14.4 Å². The van der Waals surface area contributed by atoms with Gasteiger partial charge >= 0.3 is 0 Å². The number of carbonyl (C=O) groups excluding carboxylic acids is 3. The van der Waals surface area contributed by atoms with Gasteiger partial charge in [0.1, 0.15) is 6.04 Å². The van der Waals surface area contributed by atoms with Gasteiger partial charge in [0.25, 0.3) is 0 Å². The fourth-order valence-corrected chi connectivity index (χ4v) is 5.81. The van der Waals surface area contributed by atoms with Crippen molar-refractivity contribution in [3.8, 4) is 0 Å². The third-order valence-electron chi connectivity index (χ3n) is 7.79. The van der Waals surface area contributed by atoms with Gasteiger partial charge in [-0.1, -0.05) is 77.0 Å². The van der Waals surface area contributed by atoms with Crippen LogP contribution in [0.3, 0.4) is 0 Å². The summed E-state index contributed by atoms with van der Waals surface area (Å²) < 4.78 is 0. The second kappa shape index (κ2) is 13.2. The minimum atomic E-state index is -0.381. The molecule has 5 nitrogen and oxygen atoms in total. The Morgan fingerprint density at radius 2 is 1.10 bits per heavy atom. The molecule has 0 aromatic heterocycles. The summed E-state index contributed by atoms with van der Waals surface area (Å²) >= 11 is 0. The molecule has 0 unspecified atom stereocenters. The number of rotatable bonds is 5. The fourth-order valence-electron chi connectivity index (χ4n) is 5.81. The minimum Gasteiger partial charge on any atom is -0.347 e. The van der Waals surface area contributed by atoms with Crippen LogP contribution >= 0.6 is 0 Å². The molecule has 1 aliphatic heterocycles. The minimum absolute atomic E-state index is 0.0723. The molecule has 2 amide bonds. The lowest BCUT2D eigenvalue weighted by Crippen LogP contribution is -2.49. The summed E-state index contributed by atoms with van der Waals surface area (Å²) in [6, 6.07) is -0.381. The number of likely N-dealkylation sites (tertiary alicyclic amines) is 1. The molecule has 176 valence electrons. The Morgan fingerprint density at radius 1 is 0.613 bits per heavy atom. The van der Waals surface area contributed by atoms with Crippen molar-refractivity contribution in [1.82, 2.24) is 10.2 Å². The molecule has 2 saturated carbocycles. The van der Waals surface area contributed by atoms with Crippen molar-refractivity contribution in [3.05, 3.63) is 0 Å². The third kappa shape index (κ3) is 7.61. The molecule has 0 aromatic carbocycles. The van der Waals surface area contributed by atoms with Gasteiger partial charge in [-0.2, -0.15) is 0 Å². The third-order valence-corrected chi connectivity index (χ3v) is 7.79. The van der Waals surface area contributed by atoms with Crippen LogP contribution in [0.4, 0.5) is 0 Å². The van der Waals surface area contributed by atoms with E-state index < -0.39 is 0 Å². The van der Waals surface area contributed by atoms with E-state index in [4.69, 9.17) is 0 Å². The van der Waals surface area contributed by atoms with Gasteiger partial charge < -0.3 is 10.2 Å². The molecule has 0 aromatic rings. The number of amides is 2. The summed E-state index contributed by atoms with van der Waals surface area (Å²) in [7, 11) is 0. The summed E-state index contributed by atoms with van der Waals surface area (Å²) in [5, 5.41) is 2.90. The van der Waals surface area contributed by atoms with Crippen LogP contribution in [-0.4, -0.2) is 41.6 Å². The number of nitrogens with zero attached hydrogens (tertiary/aromatic N) is 1. The molecule has 1 heterocycles. The van der Waals surface area contributed by atoms with Gasteiger partial charge in [0, 0.05) is 18.4 Å². The van der Waals surface area contributed by atoms with E-state index in [-0.39, 0.29) is 42.0 Å². The summed E-state index contributed by atoms with van der Waals surface area (Å²) in [5.41, 5.74) is 0. The van der Waals surface area contributed by atoms with Gasteiger partial charge in [0.2, 0.25) is 11.8 Å². The van der Waals surface area contributed by atoms with Crippen molar-refractivity contribution in [3.63, 3.8) is 0 Å². The molecule has 0 spiro atoms. The fraction of sp³-hybridized carbons (Fsp3) is 0.885. The van der Waals surface area contributed by atoms with E-state index >= 15 is 0 Å². The number of Topliss-reactive ketones (excluding diaryl/α,β-unsaturated/α-hetero) is 1. The van der Waals surface area contributed by atoms with Crippen molar-refractivity contribution in [2.75, 3.05) is 13.1 Å². The molecule has 3 fully saturated rings. The molecule has 1 saturated heterocycles. The molecule has 0 bridgehead atoms. The first-order chi connectivity index (χ1) is 15.2. The average molecular weight is 433 g/mol. The summed E-state index contributed by atoms with van der Waals surface area (Å²) in [6.45, 7) is 0.815. The van der Waals surface area contributed by atoms with Crippen LogP contribution in [0.15, 0.2) is 0 Å². The van der Waals surface area contributed by atoms with Gasteiger partial charge in [-0.3, -0.25) is 14.4 Å². The van der Waals surface area contributed by atoms with Crippen LogP contribution in [0.2, 0.25) is 0 Å². The molecule has 1 atom stereocenters. The quantitative estimate of drug-likeness (QED) is 0.652. The van der Waals surface area contributed by atoms with Crippen molar-refractivity contribution in [1.29, 1.82) is 0 Å². The zero-order valence-corrected chi connectivity index (χ0v) is 19.5. The number of hydrogen-bond donors (Lipinski definition) is 1. The highest BCUT2D eigenvalue weighted by Crippen LogP contribution is 2.27. The second-order valence-electron chi connectivity index (χ2n) is 10.2. The molecule has 5 heteroatoms. The Kier molecular flexibility index (Phi) is 10.3. The summed E-state index contributed by atoms with van der Waals surface area (Å²) in [4.78, 5) is 40.8. The maximum absolute atomic E-state index is 13.3. The van der Waals surface area contributed by atoms with Crippen molar-refractivity contribution in [2.24, 2.45) is 11.8 Å². The van der Waals surface area contributed by atoms with Crippen LogP contribution in [0, 0.1) is 11.8 Å². The first-order valence-electron chi connectivity index (χ1n) is 13.3. The lowest BCUT2D eigenvalue weighted by molar-refractivity contribution is -0.142. The van der Waals surface area contributed by atoms with E-state index in [9.17, 15) is 14.4 Å². The zero-order chi connectivity index (χ0) is 21.9. The SMILES string of the molecule is O=C(CNC(=O)[C@@H]1CCCN1C(=O)C1CCCCCCCCC1)C1CCCCCCC1. The predicted octanol–water partition coefficient (Wildman–Crippen LogP) is 5.16. The van der Waals surface area contributed by atoms with E-state index in [2.05, 4.69) is 5.32 Å². The maximum Gasteiger partial charge on any atom is 0.243 e. The Bertz CT molecular complexity index is 573. The zero-order valence-electron chi connectivity index (χ0n) is 19.5. The molecule has 0 radical (unpaired) electrons. The van der Waals surface area contributed by atoms with Gasteiger partial charge in [-0.15, -0.1) is 0 Å². The Balaban J connectivity index is 1.50. The molecule has 1 N–H and O–H groups in total. The largest absolute Gasteiger partial charge is 0.347 e. The monoisotopic (exact) mass is 432 g/mol. The van der Waals surface area contributed by atoms with E-state index in [1.165, 1.54) is 51.4 Å². The van der Waals surface area contributed by atoms with Crippen LogP contribution < -0.4 is 5.32 Å². The number of hydrogen-bond acceptors (Lipinski definition) is 3. The van der Waals surface area contributed by atoms with E-state index in [1.54, 1.807) is 0 Å². The number of carbonyl (C=O) groups is 3. The van der Waals surface area contributed by atoms with Crippen molar-refractivity contribution >= 4 is 17.6 Å². The standard InChI is InChI=1S/C26H44N2O3/c29-24(21-14-9-7-4-8-10-15-21)20-27-25(30)23-18-13-19-28(23)26(31)22-16-11-5-2-1-3-6-12-17-22/h21-23H,1-20H2,(H,27,30)/t23-/m0/s1. The van der Waals surface area contributed by atoms with Crippen molar-refractivity contribution in [2.45, 2.75) is 122 Å². The van der Waals surface area contributed by atoms with Gasteiger partial charge in [-0.25, -0.2) is 0 Å². The van der Waals surface area contributed by atoms with Gasteiger partial charge in [-0.05, 0) is 38.5 Å². The Hall–Kier alpha value is -1.39. The summed E-state index contributed by atoms with van der Waals surface area (Å²) in [5.74, 6) is 0.417. The van der Waals surface area contributed by atoms with Crippen LogP contribution in [-0.2, 0) is 14.4 Å². The predicted molar refractivity (Wildman–Crippen MR) is 124 cm³/mol. The lowest BCUT2D eigenvalue weighted by atomic mass is 9.88. The molecule has 3 aliphatic rings. The molecule has 31 heavy (non-hydrogen) atoms. The first kappa shape index (κ1) is 24.3. The van der Waals surface area contributed by atoms with Gasteiger partial charge in [0.15, 0.2) is 5.78 Å². The number of ketones is 1. The topological polar surface area (TPSA) is 66.5 Å². The van der Waals surface area contributed by atoms with E-state index in [1.807, 2.05) is 4.90 Å². The molecule has 2 aliphatic carbocycles. The molecule has 3 rings (SSSR count). The summed E-state index contributed by atoms with van der Waals surface area (Å²) in [6.07, 6.45) is 20.0. The van der Waals surface area contributed by atoms with Crippen LogP contribution in [0.1, 0.15) is 116 Å². The highest BCUT2D eigenvalue weighted by molar-refractivity contribution is 5.92. The number of nitrogens with one attached hydrogen (secondary N) is 1. The average Bonchev–Trinajstić information content (AvgIpc) is 3.25. The highest BCUT2D eigenvalue weighted by Gasteiger charge is 2.37.